The fourth-order valence-corrected chi connectivity index (χ4v) is 1.56. The minimum Gasteiger partial charge on any atom is -0.354 e. The lowest BCUT2D eigenvalue weighted by Gasteiger charge is -2.24. The van der Waals surface area contributed by atoms with Crippen molar-refractivity contribution in [2.45, 2.75) is 12.3 Å². The Kier molecular flexibility index (Phi) is 4.79. The van der Waals surface area contributed by atoms with Crippen LogP contribution in [0.2, 0.25) is 0 Å². The van der Waals surface area contributed by atoms with Gasteiger partial charge in [0.25, 0.3) is 0 Å². The SMILES string of the molecule is CNC(c1cc(F)ccc1F)C(OC)OC. The molecule has 0 bridgehead atoms. The van der Waals surface area contributed by atoms with E-state index in [1.165, 1.54) is 14.2 Å². The minimum absolute atomic E-state index is 0.177. The summed E-state index contributed by atoms with van der Waals surface area (Å²) in [5.74, 6) is -0.998. The largest absolute Gasteiger partial charge is 0.354 e. The Balaban J connectivity index is 3.06. The van der Waals surface area contributed by atoms with Crippen LogP contribution in [0.4, 0.5) is 8.78 Å². The maximum atomic E-state index is 13.5. The van der Waals surface area contributed by atoms with Crippen LogP contribution in [0.3, 0.4) is 0 Å². The standard InChI is InChI=1S/C11H15F2NO2/c1-14-10(11(15-2)16-3)8-6-7(12)4-5-9(8)13/h4-6,10-11,14H,1-3H3. The first-order valence-corrected chi connectivity index (χ1v) is 4.81. The first kappa shape index (κ1) is 13.0. The van der Waals surface area contributed by atoms with Gasteiger partial charge in [-0.1, -0.05) is 0 Å². The average molecular weight is 231 g/mol. The number of ether oxygens (including phenoxy) is 2. The first-order valence-electron chi connectivity index (χ1n) is 4.81. The predicted molar refractivity (Wildman–Crippen MR) is 56.0 cm³/mol. The van der Waals surface area contributed by atoms with Crippen LogP contribution in [0, 0.1) is 11.6 Å². The molecule has 0 aliphatic heterocycles. The molecule has 0 heterocycles. The zero-order valence-corrected chi connectivity index (χ0v) is 9.46. The van der Waals surface area contributed by atoms with E-state index in [1.54, 1.807) is 7.05 Å². The molecule has 0 saturated heterocycles. The van der Waals surface area contributed by atoms with Gasteiger partial charge in [-0.25, -0.2) is 8.78 Å². The number of nitrogens with one attached hydrogen (secondary N) is 1. The molecule has 1 N–H and O–H groups in total. The molecule has 0 fully saturated rings. The van der Waals surface area contributed by atoms with Gasteiger partial charge >= 0.3 is 0 Å². The predicted octanol–water partition coefficient (Wildman–Crippen LogP) is 1.84. The molecule has 0 aliphatic carbocycles. The summed E-state index contributed by atoms with van der Waals surface area (Å²) in [6.07, 6.45) is -0.679. The lowest BCUT2D eigenvalue weighted by molar-refractivity contribution is -0.123. The van der Waals surface area contributed by atoms with Crippen molar-refractivity contribution in [1.29, 1.82) is 0 Å². The van der Waals surface area contributed by atoms with Gasteiger partial charge in [-0.2, -0.15) is 0 Å². The van der Waals surface area contributed by atoms with E-state index in [2.05, 4.69) is 5.32 Å². The van der Waals surface area contributed by atoms with Crippen molar-refractivity contribution < 1.29 is 18.3 Å². The molecule has 1 aromatic carbocycles. The van der Waals surface area contributed by atoms with Crippen LogP contribution in [-0.4, -0.2) is 27.6 Å². The summed E-state index contributed by atoms with van der Waals surface area (Å²) in [6, 6.07) is 2.71. The number of benzene rings is 1. The van der Waals surface area contributed by atoms with Gasteiger partial charge in [0.05, 0.1) is 6.04 Å². The molecule has 16 heavy (non-hydrogen) atoms. The van der Waals surface area contributed by atoms with E-state index in [0.29, 0.717) is 0 Å². The third kappa shape index (κ3) is 2.75. The van der Waals surface area contributed by atoms with Crippen molar-refractivity contribution in [3.8, 4) is 0 Å². The summed E-state index contributed by atoms with van der Waals surface area (Å²) in [5, 5.41) is 2.83. The molecule has 0 aliphatic rings. The third-order valence-electron chi connectivity index (χ3n) is 2.34. The van der Waals surface area contributed by atoms with E-state index in [9.17, 15) is 8.78 Å². The van der Waals surface area contributed by atoms with Gasteiger partial charge in [0, 0.05) is 19.8 Å². The van der Waals surface area contributed by atoms with E-state index in [0.717, 1.165) is 18.2 Å². The number of hydrogen-bond acceptors (Lipinski definition) is 3. The second-order valence-corrected chi connectivity index (χ2v) is 3.27. The number of hydrogen-bond donors (Lipinski definition) is 1. The molecule has 0 aromatic heterocycles. The van der Waals surface area contributed by atoms with Crippen LogP contribution in [-0.2, 0) is 9.47 Å². The van der Waals surface area contributed by atoms with Crippen molar-refractivity contribution in [2.24, 2.45) is 0 Å². The molecule has 0 amide bonds. The highest BCUT2D eigenvalue weighted by Crippen LogP contribution is 2.23. The summed E-state index contributed by atoms with van der Waals surface area (Å²) < 4.78 is 36.6. The van der Waals surface area contributed by atoms with E-state index in [4.69, 9.17) is 9.47 Å². The highest BCUT2D eigenvalue weighted by atomic mass is 19.1. The van der Waals surface area contributed by atoms with Gasteiger partial charge < -0.3 is 14.8 Å². The van der Waals surface area contributed by atoms with Crippen LogP contribution in [0.25, 0.3) is 0 Å². The molecule has 0 spiro atoms. The maximum Gasteiger partial charge on any atom is 0.176 e. The summed E-state index contributed by atoms with van der Waals surface area (Å²) >= 11 is 0. The van der Waals surface area contributed by atoms with Crippen molar-refractivity contribution in [2.75, 3.05) is 21.3 Å². The molecule has 0 saturated carbocycles. The molecule has 1 rings (SSSR count). The molecule has 1 aromatic rings. The molecule has 0 radical (unpaired) electrons. The quantitative estimate of drug-likeness (QED) is 0.784. The number of likely N-dealkylation sites (N-methyl/N-ethyl adjacent to an activating group) is 1. The Hall–Kier alpha value is -1.04. The number of halogens is 2. The topological polar surface area (TPSA) is 30.5 Å². The normalized spacial score (nSPS) is 13.1. The Morgan fingerprint density at radius 2 is 1.81 bits per heavy atom. The van der Waals surface area contributed by atoms with Gasteiger partial charge in [0.1, 0.15) is 11.6 Å². The fraction of sp³-hybridized carbons (Fsp3) is 0.455. The molecular weight excluding hydrogens is 216 g/mol. The first-order chi connectivity index (χ1) is 7.63. The van der Waals surface area contributed by atoms with E-state index >= 15 is 0 Å². The summed E-state index contributed by atoms with van der Waals surface area (Å²) in [5.41, 5.74) is 0.177. The second kappa shape index (κ2) is 5.89. The van der Waals surface area contributed by atoms with Gasteiger partial charge in [-0.05, 0) is 25.2 Å². The molecule has 90 valence electrons. The highest BCUT2D eigenvalue weighted by Gasteiger charge is 2.24. The van der Waals surface area contributed by atoms with Crippen LogP contribution >= 0.6 is 0 Å². The summed E-state index contributed by atoms with van der Waals surface area (Å²) in [6.45, 7) is 0. The highest BCUT2D eigenvalue weighted by molar-refractivity contribution is 5.23. The summed E-state index contributed by atoms with van der Waals surface area (Å²) in [7, 11) is 4.51. The smallest absolute Gasteiger partial charge is 0.176 e. The van der Waals surface area contributed by atoms with Crippen molar-refractivity contribution >= 4 is 0 Å². The van der Waals surface area contributed by atoms with Gasteiger partial charge in [0.15, 0.2) is 6.29 Å². The molecular formula is C11H15F2NO2. The zero-order valence-electron chi connectivity index (χ0n) is 9.46. The third-order valence-corrected chi connectivity index (χ3v) is 2.34. The van der Waals surface area contributed by atoms with Gasteiger partial charge in [-0.15, -0.1) is 0 Å². The van der Waals surface area contributed by atoms with Crippen LogP contribution in [0.15, 0.2) is 18.2 Å². The fourth-order valence-electron chi connectivity index (χ4n) is 1.56. The lowest BCUT2D eigenvalue weighted by atomic mass is 10.1. The average Bonchev–Trinajstić information content (AvgIpc) is 2.29. The van der Waals surface area contributed by atoms with Gasteiger partial charge in [0.2, 0.25) is 0 Å². The van der Waals surface area contributed by atoms with Crippen molar-refractivity contribution in [3.63, 3.8) is 0 Å². The lowest BCUT2D eigenvalue weighted by Crippen LogP contribution is -2.33. The Bertz CT molecular complexity index is 343. The van der Waals surface area contributed by atoms with Crippen molar-refractivity contribution in [1.82, 2.24) is 5.32 Å². The minimum atomic E-state index is -0.679. The molecule has 5 heteroatoms. The van der Waals surface area contributed by atoms with E-state index in [1.807, 2.05) is 0 Å². The molecule has 1 atom stereocenters. The Labute approximate surface area is 93.4 Å². The summed E-state index contributed by atoms with van der Waals surface area (Å²) in [4.78, 5) is 0. The second-order valence-electron chi connectivity index (χ2n) is 3.27. The van der Waals surface area contributed by atoms with Crippen LogP contribution in [0.1, 0.15) is 11.6 Å². The number of rotatable bonds is 5. The maximum absolute atomic E-state index is 13.5. The Morgan fingerprint density at radius 1 is 1.19 bits per heavy atom. The van der Waals surface area contributed by atoms with E-state index < -0.39 is 24.0 Å². The number of methoxy groups -OCH3 is 2. The monoisotopic (exact) mass is 231 g/mol. The van der Waals surface area contributed by atoms with E-state index in [-0.39, 0.29) is 5.56 Å². The van der Waals surface area contributed by atoms with Crippen molar-refractivity contribution in [3.05, 3.63) is 35.4 Å². The molecule has 1 unspecified atom stereocenters. The van der Waals surface area contributed by atoms with Crippen LogP contribution in [0.5, 0.6) is 0 Å². The zero-order chi connectivity index (χ0) is 12.1. The molecule has 3 nitrogen and oxygen atoms in total. The Morgan fingerprint density at radius 3 is 2.31 bits per heavy atom. The van der Waals surface area contributed by atoms with Gasteiger partial charge in [-0.3, -0.25) is 0 Å². The van der Waals surface area contributed by atoms with Crippen LogP contribution < -0.4 is 5.32 Å².